The number of nitrogens with zero attached hydrogens (tertiary/aromatic N) is 2. The maximum atomic E-state index is 11.5. The molecular formula is C17H28IN5O3S. The summed E-state index contributed by atoms with van der Waals surface area (Å²) in [7, 11) is -0.327. The fourth-order valence-electron chi connectivity index (χ4n) is 3.06. The summed E-state index contributed by atoms with van der Waals surface area (Å²) in [6.07, 6.45) is 2.45. The van der Waals surface area contributed by atoms with Gasteiger partial charge in [-0.05, 0) is 36.5 Å². The lowest BCUT2D eigenvalue weighted by atomic mass is 9.93. The lowest BCUT2D eigenvalue weighted by Crippen LogP contribution is -2.45. The van der Waals surface area contributed by atoms with Crippen LogP contribution in [0.25, 0.3) is 0 Å². The second-order valence-corrected chi connectivity index (χ2v) is 7.96. The molecule has 1 aromatic rings. The number of hydrogen-bond acceptors (Lipinski definition) is 4. The van der Waals surface area contributed by atoms with Crippen LogP contribution in [-0.4, -0.2) is 52.4 Å². The molecule has 10 heteroatoms. The molecule has 27 heavy (non-hydrogen) atoms. The molecule has 1 aliphatic rings. The number of carbonyl (C=O) groups excluding carboxylic acids is 1. The first-order valence-electron chi connectivity index (χ1n) is 8.61. The van der Waals surface area contributed by atoms with Gasteiger partial charge in [0.1, 0.15) is 0 Å². The number of amides is 1. The summed E-state index contributed by atoms with van der Waals surface area (Å²) >= 11 is 0. The number of primary sulfonamides is 1. The molecule has 1 saturated heterocycles. The predicted octanol–water partition coefficient (Wildman–Crippen LogP) is 0.875. The molecule has 0 bridgehead atoms. The summed E-state index contributed by atoms with van der Waals surface area (Å²) in [5, 5.41) is 11.1. The maximum absolute atomic E-state index is 11.5. The third-order valence-electron chi connectivity index (χ3n) is 4.56. The van der Waals surface area contributed by atoms with E-state index in [4.69, 9.17) is 5.14 Å². The van der Waals surface area contributed by atoms with E-state index in [1.165, 1.54) is 6.07 Å². The van der Waals surface area contributed by atoms with Gasteiger partial charge in [0.25, 0.3) is 0 Å². The molecular weight excluding hydrogens is 481 g/mol. The van der Waals surface area contributed by atoms with E-state index in [2.05, 4.69) is 20.5 Å². The number of halogens is 1. The average molecular weight is 509 g/mol. The summed E-state index contributed by atoms with van der Waals surface area (Å²) < 4.78 is 22.9. The molecule has 1 heterocycles. The highest BCUT2D eigenvalue weighted by Crippen LogP contribution is 2.20. The lowest BCUT2D eigenvalue weighted by molar-refractivity contribution is -0.121. The Kier molecular flexibility index (Phi) is 9.47. The monoisotopic (exact) mass is 509 g/mol. The highest BCUT2D eigenvalue weighted by molar-refractivity contribution is 14.0. The van der Waals surface area contributed by atoms with Gasteiger partial charge in [0.2, 0.25) is 15.9 Å². The zero-order valence-corrected chi connectivity index (χ0v) is 18.8. The van der Waals surface area contributed by atoms with Crippen molar-refractivity contribution in [3.8, 4) is 0 Å². The molecule has 1 amide bonds. The fraction of sp³-hybridized carbons (Fsp3) is 0.529. The Hall–Kier alpha value is -1.40. The van der Waals surface area contributed by atoms with Crippen molar-refractivity contribution in [3.05, 3.63) is 29.8 Å². The third kappa shape index (κ3) is 7.26. The fourth-order valence-corrected chi connectivity index (χ4v) is 3.64. The molecule has 4 N–H and O–H groups in total. The van der Waals surface area contributed by atoms with E-state index in [0.29, 0.717) is 18.9 Å². The smallest absolute Gasteiger partial charge is 0.238 e. The summed E-state index contributed by atoms with van der Waals surface area (Å²) in [4.78, 5) is 18.1. The average Bonchev–Trinajstić information content (AvgIpc) is 2.63. The minimum Gasteiger partial charge on any atom is -0.359 e. The molecule has 152 valence electrons. The molecule has 8 nitrogen and oxygen atoms in total. The van der Waals surface area contributed by atoms with Crippen LogP contribution in [0.15, 0.2) is 34.2 Å². The summed E-state index contributed by atoms with van der Waals surface area (Å²) in [6.45, 7) is 2.12. The van der Waals surface area contributed by atoms with E-state index < -0.39 is 10.0 Å². The van der Waals surface area contributed by atoms with Crippen LogP contribution in [0.4, 0.5) is 0 Å². The predicted molar refractivity (Wildman–Crippen MR) is 116 cm³/mol. The van der Waals surface area contributed by atoms with Gasteiger partial charge in [0, 0.05) is 40.2 Å². The first kappa shape index (κ1) is 23.6. The first-order chi connectivity index (χ1) is 12.3. The van der Waals surface area contributed by atoms with Gasteiger partial charge in [-0.3, -0.25) is 9.79 Å². The number of benzene rings is 1. The van der Waals surface area contributed by atoms with Gasteiger partial charge in [0.15, 0.2) is 5.96 Å². The van der Waals surface area contributed by atoms with E-state index in [1.54, 1.807) is 26.2 Å². The molecule has 0 unspecified atom stereocenters. The minimum absolute atomic E-state index is 0. The number of guanidine groups is 1. The van der Waals surface area contributed by atoms with Crippen LogP contribution in [0, 0.1) is 5.92 Å². The van der Waals surface area contributed by atoms with E-state index in [-0.39, 0.29) is 34.8 Å². The first-order valence-corrected chi connectivity index (χ1v) is 10.2. The number of rotatable bonds is 5. The van der Waals surface area contributed by atoms with Gasteiger partial charge < -0.3 is 15.5 Å². The Bertz CT molecular complexity index is 762. The van der Waals surface area contributed by atoms with Crippen LogP contribution in [0.3, 0.4) is 0 Å². The highest BCUT2D eigenvalue weighted by Gasteiger charge is 2.23. The van der Waals surface area contributed by atoms with Crippen molar-refractivity contribution in [2.45, 2.75) is 30.7 Å². The Labute approximate surface area is 178 Å². The second-order valence-electron chi connectivity index (χ2n) is 6.40. The van der Waals surface area contributed by atoms with Gasteiger partial charge in [-0.15, -0.1) is 24.0 Å². The molecule has 0 aliphatic carbocycles. The minimum atomic E-state index is -3.71. The number of piperidine rings is 1. The van der Waals surface area contributed by atoms with Crippen LogP contribution in [0.5, 0.6) is 0 Å². The van der Waals surface area contributed by atoms with E-state index >= 15 is 0 Å². The maximum Gasteiger partial charge on any atom is 0.238 e. The van der Waals surface area contributed by atoms with Crippen LogP contribution < -0.4 is 15.8 Å². The van der Waals surface area contributed by atoms with Crippen molar-refractivity contribution >= 4 is 45.9 Å². The molecule has 1 fully saturated rings. The number of aliphatic imine (C=N–C) groups is 1. The quantitative estimate of drug-likeness (QED) is 0.310. The molecule has 0 saturated carbocycles. The van der Waals surface area contributed by atoms with Gasteiger partial charge in [-0.2, -0.15) is 0 Å². The van der Waals surface area contributed by atoms with Crippen LogP contribution in [0.1, 0.15) is 24.8 Å². The van der Waals surface area contributed by atoms with Crippen molar-refractivity contribution in [2.24, 2.45) is 16.0 Å². The Morgan fingerprint density at radius 2 is 2.00 bits per heavy atom. The largest absolute Gasteiger partial charge is 0.359 e. The van der Waals surface area contributed by atoms with E-state index in [0.717, 1.165) is 37.5 Å². The second kappa shape index (κ2) is 10.8. The highest BCUT2D eigenvalue weighted by atomic mass is 127. The number of sulfonamides is 1. The van der Waals surface area contributed by atoms with E-state index in [1.807, 2.05) is 6.07 Å². The number of nitrogens with two attached hydrogens (primary N) is 1. The van der Waals surface area contributed by atoms with Crippen molar-refractivity contribution in [3.63, 3.8) is 0 Å². The SMILES string of the molecule is CN=C(NCc1cccc(S(N)(=O)=O)c1)N1CCC(CC(=O)NC)CC1.I. The van der Waals surface area contributed by atoms with Crippen molar-refractivity contribution in [2.75, 3.05) is 27.2 Å². The van der Waals surface area contributed by atoms with Crippen LogP contribution in [0.2, 0.25) is 0 Å². The van der Waals surface area contributed by atoms with Crippen molar-refractivity contribution < 1.29 is 13.2 Å². The van der Waals surface area contributed by atoms with Gasteiger partial charge in [0.05, 0.1) is 4.90 Å². The van der Waals surface area contributed by atoms with Crippen LogP contribution in [-0.2, 0) is 21.4 Å². The molecule has 1 aliphatic heterocycles. The standard InChI is InChI=1S/C17H27N5O3S.HI/c1-19-16(23)11-13-6-8-22(9-7-13)17(20-2)21-12-14-4-3-5-15(10-14)26(18,24)25;/h3-5,10,13H,6-9,11-12H2,1-2H3,(H,19,23)(H,20,21)(H2,18,24,25);1H. The van der Waals surface area contributed by atoms with Gasteiger partial charge in [-0.1, -0.05) is 12.1 Å². The number of likely N-dealkylation sites (tertiary alicyclic amines) is 1. The van der Waals surface area contributed by atoms with Crippen molar-refractivity contribution in [1.82, 2.24) is 15.5 Å². The Morgan fingerprint density at radius 3 is 2.56 bits per heavy atom. The summed E-state index contributed by atoms with van der Waals surface area (Å²) in [5.74, 6) is 1.25. The van der Waals surface area contributed by atoms with Gasteiger partial charge >= 0.3 is 0 Å². The van der Waals surface area contributed by atoms with Crippen molar-refractivity contribution in [1.29, 1.82) is 0 Å². The molecule has 2 rings (SSSR count). The van der Waals surface area contributed by atoms with Gasteiger partial charge in [-0.25, -0.2) is 13.6 Å². The molecule has 0 aromatic heterocycles. The zero-order chi connectivity index (χ0) is 19.2. The molecule has 0 atom stereocenters. The third-order valence-corrected chi connectivity index (χ3v) is 5.47. The topological polar surface area (TPSA) is 117 Å². The number of nitrogens with one attached hydrogen (secondary N) is 2. The Morgan fingerprint density at radius 1 is 1.33 bits per heavy atom. The molecule has 0 radical (unpaired) electrons. The number of carbonyl (C=O) groups is 1. The molecule has 0 spiro atoms. The normalized spacial score (nSPS) is 15.8. The van der Waals surface area contributed by atoms with Crippen LogP contribution >= 0.6 is 24.0 Å². The zero-order valence-electron chi connectivity index (χ0n) is 15.6. The number of hydrogen-bond donors (Lipinski definition) is 3. The Balaban J connectivity index is 0.00000364. The van der Waals surface area contributed by atoms with E-state index in [9.17, 15) is 13.2 Å². The molecule has 1 aromatic carbocycles. The summed E-state index contributed by atoms with van der Waals surface area (Å²) in [6, 6.07) is 6.55. The lowest BCUT2D eigenvalue weighted by Gasteiger charge is -2.34. The summed E-state index contributed by atoms with van der Waals surface area (Å²) in [5.41, 5.74) is 0.812.